The van der Waals surface area contributed by atoms with Crippen LogP contribution in [0, 0.1) is 0 Å². The van der Waals surface area contributed by atoms with Crippen LogP contribution < -0.4 is 5.73 Å². The van der Waals surface area contributed by atoms with Crippen LogP contribution in [-0.4, -0.2) is 20.3 Å². The van der Waals surface area contributed by atoms with E-state index in [-0.39, 0.29) is 0 Å². The maximum atomic E-state index is 5.78. The van der Waals surface area contributed by atoms with Gasteiger partial charge in [-0.15, -0.1) is 0 Å². The summed E-state index contributed by atoms with van der Waals surface area (Å²) in [4.78, 5) is 0. The highest BCUT2D eigenvalue weighted by atomic mass is 79.9. The summed E-state index contributed by atoms with van der Waals surface area (Å²) in [7, 11) is 1.73. The second-order valence-electron chi connectivity index (χ2n) is 3.62. The zero-order valence-electron chi connectivity index (χ0n) is 9.08. The van der Waals surface area contributed by atoms with Gasteiger partial charge in [0, 0.05) is 18.2 Å². The number of hydrogen-bond donors (Lipinski definition) is 1. The maximum Gasteiger partial charge on any atom is 0.0462 e. The molecule has 3 heteroatoms. The SMILES string of the molecule is COCCCC(CN)c1cccc(Br)c1. The van der Waals surface area contributed by atoms with Crippen LogP contribution in [0.3, 0.4) is 0 Å². The normalized spacial score (nSPS) is 12.7. The Hall–Kier alpha value is -0.380. The van der Waals surface area contributed by atoms with E-state index in [4.69, 9.17) is 10.5 Å². The lowest BCUT2D eigenvalue weighted by Gasteiger charge is -2.15. The van der Waals surface area contributed by atoms with E-state index in [0.717, 1.165) is 23.9 Å². The third-order valence-corrected chi connectivity index (χ3v) is 3.00. The van der Waals surface area contributed by atoms with E-state index in [1.807, 2.05) is 6.07 Å². The topological polar surface area (TPSA) is 35.2 Å². The predicted molar refractivity (Wildman–Crippen MR) is 67.0 cm³/mol. The average molecular weight is 272 g/mol. The number of methoxy groups -OCH3 is 1. The highest BCUT2D eigenvalue weighted by Gasteiger charge is 2.09. The number of ether oxygens (including phenoxy) is 1. The smallest absolute Gasteiger partial charge is 0.0462 e. The molecule has 2 N–H and O–H groups in total. The first-order chi connectivity index (χ1) is 7.27. The molecule has 0 aliphatic heterocycles. The Morgan fingerprint density at radius 3 is 2.87 bits per heavy atom. The molecule has 0 saturated heterocycles. The molecule has 1 aromatic carbocycles. The summed E-state index contributed by atoms with van der Waals surface area (Å²) in [5.74, 6) is 0.442. The molecule has 1 unspecified atom stereocenters. The molecule has 0 heterocycles. The molecule has 84 valence electrons. The minimum atomic E-state index is 0.442. The first-order valence-electron chi connectivity index (χ1n) is 5.22. The van der Waals surface area contributed by atoms with Crippen LogP contribution >= 0.6 is 15.9 Å². The second kappa shape index (κ2) is 6.99. The molecule has 0 aliphatic rings. The molecule has 0 spiro atoms. The Morgan fingerprint density at radius 2 is 2.27 bits per heavy atom. The van der Waals surface area contributed by atoms with Gasteiger partial charge in [-0.05, 0) is 43.0 Å². The highest BCUT2D eigenvalue weighted by Crippen LogP contribution is 2.23. The molecule has 1 aromatic rings. The van der Waals surface area contributed by atoms with Gasteiger partial charge in [0.25, 0.3) is 0 Å². The third kappa shape index (κ3) is 4.33. The number of hydrogen-bond acceptors (Lipinski definition) is 2. The summed E-state index contributed by atoms with van der Waals surface area (Å²) in [6, 6.07) is 8.37. The third-order valence-electron chi connectivity index (χ3n) is 2.51. The van der Waals surface area contributed by atoms with Crippen LogP contribution in [0.25, 0.3) is 0 Å². The van der Waals surface area contributed by atoms with E-state index in [1.54, 1.807) is 7.11 Å². The van der Waals surface area contributed by atoms with Crippen molar-refractivity contribution in [2.45, 2.75) is 18.8 Å². The molecule has 0 saturated carbocycles. The quantitative estimate of drug-likeness (QED) is 0.808. The van der Waals surface area contributed by atoms with E-state index >= 15 is 0 Å². The van der Waals surface area contributed by atoms with Crippen LogP contribution in [0.2, 0.25) is 0 Å². The van der Waals surface area contributed by atoms with Crippen molar-refractivity contribution in [2.75, 3.05) is 20.3 Å². The van der Waals surface area contributed by atoms with Crippen molar-refractivity contribution < 1.29 is 4.74 Å². The minimum absolute atomic E-state index is 0.442. The average Bonchev–Trinajstić information content (AvgIpc) is 2.24. The molecular weight excluding hydrogens is 254 g/mol. The molecule has 0 bridgehead atoms. The number of nitrogens with two attached hydrogens (primary N) is 1. The Bertz CT molecular complexity index is 291. The van der Waals surface area contributed by atoms with Crippen LogP contribution in [0.1, 0.15) is 24.3 Å². The van der Waals surface area contributed by atoms with E-state index in [0.29, 0.717) is 12.5 Å². The van der Waals surface area contributed by atoms with Gasteiger partial charge in [-0.3, -0.25) is 0 Å². The summed E-state index contributed by atoms with van der Waals surface area (Å²) in [5, 5.41) is 0. The maximum absolute atomic E-state index is 5.78. The van der Waals surface area contributed by atoms with E-state index in [1.165, 1.54) is 5.56 Å². The summed E-state index contributed by atoms with van der Waals surface area (Å²) >= 11 is 3.48. The van der Waals surface area contributed by atoms with Crippen LogP contribution in [-0.2, 0) is 4.74 Å². The van der Waals surface area contributed by atoms with Crippen molar-refractivity contribution in [2.24, 2.45) is 5.73 Å². The summed E-state index contributed by atoms with van der Waals surface area (Å²) < 4.78 is 6.16. The lowest BCUT2D eigenvalue weighted by molar-refractivity contribution is 0.190. The van der Waals surface area contributed by atoms with Crippen molar-refractivity contribution in [1.82, 2.24) is 0 Å². The predicted octanol–water partition coefficient (Wildman–Crippen LogP) is 2.92. The molecule has 2 nitrogen and oxygen atoms in total. The van der Waals surface area contributed by atoms with Gasteiger partial charge in [-0.25, -0.2) is 0 Å². The van der Waals surface area contributed by atoms with E-state index in [2.05, 4.69) is 34.1 Å². The Labute approximate surface area is 99.9 Å². The molecule has 0 aliphatic carbocycles. The molecule has 0 fully saturated rings. The largest absolute Gasteiger partial charge is 0.385 e. The van der Waals surface area contributed by atoms with Crippen molar-refractivity contribution in [3.05, 3.63) is 34.3 Å². The summed E-state index contributed by atoms with van der Waals surface area (Å²) in [6.45, 7) is 1.50. The van der Waals surface area contributed by atoms with Crippen LogP contribution in [0.5, 0.6) is 0 Å². The van der Waals surface area contributed by atoms with Crippen molar-refractivity contribution in [1.29, 1.82) is 0 Å². The molecule has 1 rings (SSSR count). The zero-order chi connectivity index (χ0) is 11.1. The lowest BCUT2D eigenvalue weighted by atomic mass is 9.95. The molecule has 15 heavy (non-hydrogen) atoms. The zero-order valence-corrected chi connectivity index (χ0v) is 10.7. The second-order valence-corrected chi connectivity index (χ2v) is 4.54. The van der Waals surface area contributed by atoms with Gasteiger partial charge in [0.1, 0.15) is 0 Å². The molecular formula is C12H18BrNO. The first kappa shape index (κ1) is 12.7. The van der Waals surface area contributed by atoms with Gasteiger partial charge < -0.3 is 10.5 Å². The van der Waals surface area contributed by atoms with E-state index in [9.17, 15) is 0 Å². The standard InChI is InChI=1S/C12H18BrNO/c1-15-7-3-5-11(9-14)10-4-2-6-12(13)8-10/h2,4,6,8,11H,3,5,7,9,14H2,1H3. The van der Waals surface area contributed by atoms with Gasteiger partial charge >= 0.3 is 0 Å². The first-order valence-corrected chi connectivity index (χ1v) is 6.01. The molecule has 1 atom stereocenters. The van der Waals surface area contributed by atoms with Gasteiger partial charge in [-0.1, -0.05) is 28.1 Å². The van der Waals surface area contributed by atoms with Crippen molar-refractivity contribution in [3.8, 4) is 0 Å². The molecule has 0 aromatic heterocycles. The van der Waals surface area contributed by atoms with E-state index < -0.39 is 0 Å². The fourth-order valence-corrected chi connectivity index (χ4v) is 2.07. The Morgan fingerprint density at radius 1 is 1.47 bits per heavy atom. The summed E-state index contributed by atoms with van der Waals surface area (Å²) in [5.41, 5.74) is 7.09. The Kier molecular flexibility index (Phi) is 5.91. The lowest BCUT2D eigenvalue weighted by Crippen LogP contribution is -2.13. The van der Waals surface area contributed by atoms with Gasteiger partial charge in [-0.2, -0.15) is 0 Å². The van der Waals surface area contributed by atoms with Gasteiger partial charge in [0.2, 0.25) is 0 Å². The minimum Gasteiger partial charge on any atom is -0.385 e. The van der Waals surface area contributed by atoms with Crippen LogP contribution in [0.4, 0.5) is 0 Å². The number of rotatable bonds is 6. The number of halogens is 1. The number of benzene rings is 1. The summed E-state index contributed by atoms with van der Waals surface area (Å²) in [6.07, 6.45) is 2.14. The monoisotopic (exact) mass is 271 g/mol. The fraction of sp³-hybridized carbons (Fsp3) is 0.500. The van der Waals surface area contributed by atoms with Crippen LogP contribution in [0.15, 0.2) is 28.7 Å². The molecule has 0 radical (unpaired) electrons. The van der Waals surface area contributed by atoms with Gasteiger partial charge in [0.05, 0.1) is 0 Å². The molecule has 0 amide bonds. The van der Waals surface area contributed by atoms with Gasteiger partial charge in [0.15, 0.2) is 0 Å². The van der Waals surface area contributed by atoms with Crippen molar-refractivity contribution >= 4 is 15.9 Å². The van der Waals surface area contributed by atoms with Crippen molar-refractivity contribution in [3.63, 3.8) is 0 Å². The Balaban J connectivity index is 2.57. The highest BCUT2D eigenvalue weighted by molar-refractivity contribution is 9.10. The fourth-order valence-electron chi connectivity index (χ4n) is 1.66.